The molecule has 0 radical (unpaired) electrons. The number of hydrogen-bond acceptors (Lipinski definition) is 2. The van der Waals surface area contributed by atoms with Crippen LogP contribution in [0, 0.1) is 0 Å². The second-order valence-corrected chi connectivity index (χ2v) is 5.22. The minimum Gasteiger partial charge on any atom is -0.482 e. The fourth-order valence-electron chi connectivity index (χ4n) is 1.55. The van der Waals surface area contributed by atoms with E-state index in [0.717, 1.165) is 0 Å². The smallest absolute Gasteiger partial charge is 0.422 e. The molecule has 0 unspecified atom stereocenters. The lowest BCUT2D eigenvalue weighted by Gasteiger charge is -2.13. The number of hydrogen-bond donors (Lipinski definition) is 0. The highest BCUT2D eigenvalue weighted by Crippen LogP contribution is 2.34. The predicted molar refractivity (Wildman–Crippen MR) is 76.3 cm³/mol. The van der Waals surface area contributed by atoms with Crippen LogP contribution in [-0.2, 0) is 0 Å². The molecule has 0 amide bonds. The molecule has 0 N–H and O–H groups in total. The lowest BCUT2D eigenvalue weighted by molar-refractivity contribution is -0.153. The van der Waals surface area contributed by atoms with Crippen LogP contribution < -0.4 is 4.74 Å². The van der Waals surface area contributed by atoms with E-state index in [1.54, 1.807) is 6.07 Å². The Hall–Kier alpha value is -1.17. The van der Waals surface area contributed by atoms with Gasteiger partial charge >= 0.3 is 6.18 Å². The summed E-state index contributed by atoms with van der Waals surface area (Å²) in [5.74, 6) is -0.0462. The monoisotopic (exact) mass is 355 g/mol. The van der Waals surface area contributed by atoms with Crippen molar-refractivity contribution in [3.8, 4) is 17.0 Å². The summed E-state index contributed by atoms with van der Waals surface area (Å²) in [6.45, 7) is -1.43. The second kappa shape index (κ2) is 6.30. The van der Waals surface area contributed by atoms with E-state index in [-0.39, 0.29) is 21.6 Å². The first-order valence-electron chi connectivity index (χ1n) is 5.58. The zero-order valence-electron chi connectivity index (χ0n) is 10.2. The van der Waals surface area contributed by atoms with Gasteiger partial charge in [-0.1, -0.05) is 40.9 Å². The third kappa shape index (κ3) is 4.40. The topological polar surface area (TPSA) is 22.1 Å². The molecule has 0 saturated carbocycles. The Balaban J connectivity index is 2.41. The van der Waals surface area contributed by atoms with Gasteiger partial charge in [-0.15, -0.1) is 0 Å². The van der Waals surface area contributed by atoms with Gasteiger partial charge in [-0.3, -0.25) is 0 Å². The van der Waals surface area contributed by atoms with Gasteiger partial charge in [0.2, 0.25) is 0 Å². The van der Waals surface area contributed by atoms with E-state index in [2.05, 4.69) is 4.98 Å². The van der Waals surface area contributed by atoms with E-state index < -0.39 is 12.8 Å². The number of aromatic nitrogens is 1. The number of benzene rings is 1. The Morgan fingerprint density at radius 1 is 1.00 bits per heavy atom. The molecule has 2 rings (SSSR count). The Morgan fingerprint density at radius 3 is 2.33 bits per heavy atom. The number of nitrogens with zero attached hydrogens (tertiary/aromatic N) is 1. The maximum Gasteiger partial charge on any atom is 0.422 e. The molecule has 1 aromatic heterocycles. The van der Waals surface area contributed by atoms with E-state index in [1.807, 2.05) is 0 Å². The molecule has 0 fully saturated rings. The maximum absolute atomic E-state index is 12.3. The second-order valence-electron chi connectivity index (χ2n) is 4.01. The van der Waals surface area contributed by atoms with Crippen molar-refractivity contribution in [3.05, 3.63) is 45.5 Å². The van der Waals surface area contributed by atoms with Crippen LogP contribution in [0.4, 0.5) is 13.2 Å². The molecular formula is C13H7Cl3F3NO. The van der Waals surface area contributed by atoms with Crippen LogP contribution in [-0.4, -0.2) is 17.8 Å². The van der Waals surface area contributed by atoms with Crippen LogP contribution in [0.15, 0.2) is 30.3 Å². The molecule has 1 aromatic carbocycles. The van der Waals surface area contributed by atoms with Crippen molar-refractivity contribution in [2.45, 2.75) is 6.18 Å². The SMILES string of the molecule is FC(F)(F)COc1ccc(Cl)nc1-c1ccc(Cl)c(Cl)c1. The highest BCUT2D eigenvalue weighted by atomic mass is 35.5. The van der Waals surface area contributed by atoms with Crippen molar-refractivity contribution < 1.29 is 17.9 Å². The third-order valence-electron chi connectivity index (χ3n) is 2.41. The van der Waals surface area contributed by atoms with Crippen molar-refractivity contribution in [2.24, 2.45) is 0 Å². The summed E-state index contributed by atoms with van der Waals surface area (Å²) in [5, 5.41) is 0.688. The van der Waals surface area contributed by atoms with Gasteiger partial charge in [-0.05, 0) is 24.3 Å². The van der Waals surface area contributed by atoms with Gasteiger partial charge in [0.25, 0.3) is 0 Å². The lowest BCUT2D eigenvalue weighted by atomic mass is 10.1. The molecule has 0 saturated heterocycles. The maximum atomic E-state index is 12.3. The molecule has 0 aliphatic heterocycles. The molecule has 21 heavy (non-hydrogen) atoms. The lowest BCUT2D eigenvalue weighted by Crippen LogP contribution is -2.19. The molecule has 0 spiro atoms. The Kier molecular flexibility index (Phi) is 4.86. The summed E-state index contributed by atoms with van der Waals surface area (Å²) in [4.78, 5) is 3.99. The van der Waals surface area contributed by atoms with Crippen molar-refractivity contribution in [2.75, 3.05) is 6.61 Å². The van der Waals surface area contributed by atoms with Crippen LogP contribution in [0.5, 0.6) is 5.75 Å². The summed E-state index contributed by atoms with van der Waals surface area (Å²) in [6.07, 6.45) is -4.45. The average Bonchev–Trinajstić information content (AvgIpc) is 2.39. The first-order chi connectivity index (χ1) is 9.76. The number of halogens is 6. The first-order valence-corrected chi connectivity index (χ1v) is 6.71. The summed E-state index contributed by atoms with van der Waals surface area (Å²) in [7, 11) is 0. The Bertz CT molecular complexity index is 662. The van der Waals surface area contributed by atoms with Gasteiger partial charge in [-0.25, -0.2) is 4.98 Å². The molecule has 0 aliphatic carbocycles. The zero-order valence-corrected chi connectivity index (χ0v) is 12.5. The molecular weight excluding hydrogens is 350 g/mol. The van der Waals surface area contributed by atoms with E-state index >= 15 is 0 Å². The van der Waals surface area contributed by atoms with Gasteiger partial charge in [0.05, 0.1) is 10.0 Å². The summed E-state index contributed by atoms with van der Waals surface area (Å²) in [5.41, 5.74) is 0.606. The molecule has 0 bridgehead atoms. The van der Waals surface area contributed by atoms with E-state index in [9.17, 15) is 13.2 Å². The van der Waals surface area contributed by atoms with Crippen LogP contribution >= 0.6 is 34.8 Å². The van der Waals surface area contributed by atoms with Gasteiger partial charge < -0.3 is 4.74 Å². The summed E-state index contributed by atoms with van der Waals surface area (Å²) < 4.78 is 41.5. The van der Waals surface area contributed by atoms with Crippen molar-refractivity contribution in [3.63, 3.8) is 0 Å². The van der Waals surface area contributed by atoms with Crippen LogP contribution in [0.2, 0.25) is 15.2 Å². The summed E-state index contributed by atoms with van der Waals surface area (Å²) in [6, 6.07) is 7.21. The summed E-state index contributed by atoms with van der Waals surface area (Å²) >= 11 is 17.5. The highest BCUT2D eigenvalue weighted by Gasteiger charge is 2.29. The molecule has 2 nitrogen and oxygen atoms in total. The van der Waals surface area contributed by atoms with Gasteiger partial charge in [0, 0.05) is 5.56 Å². The van der Waals surface area contributed by atoms with Crippen LogP contribution in [0.1, 0.15) is 0 Å². The number of alkyl halides is 3. The molecule has 0 atom stereocenters. The van der Waals surface area contributed by atoms with Gasteiger partial charge in [0.1, 0.15) is 16.6 Å². The quantitative estimate of drug-likeness (QED) is 0.663. The molecule has 0 aliphatic rings. The van der Waals surface area contributed by atoms with E-state index in [0.29, 0.717) is 10.6 Å². The first kappa shape index (κ1) is 16.2. The number of ether oxygens (including phenoxy) is 1. The van der Waals surface area contributed by atoms with Gasteiger partial charge in [-0.2, -0.15) is 13.2 Å². The molecule has 2 aromatic rings. The molecule has 8 heteroatoms. The van der Waals surface area contributed by atoms with Crippen molar-refractivity contribution in [1.29, 1.82) is 0 Å². The number of rotatable bonds is 3. The minimum atomic E-state index is -4.45. The predicted octanol–water partition coefficient (Wildman–Crippen LogP) is 5.65. The fraction of sp³-hybridized carbons (Fsp3) is 0.154. The Morgan fingerprint density at radius 2 is 1.71 bits per heavy atom. The Labute approximate surface area is 133 Å². The normalized spacial score (nSPS) is 11.5. The average molecular weight is 357 g/mol. The van der Waals surface area contributed by atoms with Crippen LogP contribution in [0.3, 0.4) is 0 Å². The van der Waals surface area contributed by atoms with Gasteiger partial charge in [0.15, 0.2) is 6.61 Å². The highest BCUT2D eigenvalue weighted by molar-refractivity contribution is 6.42. The molecule has 1 heterocycles. The zero-order chi connectivity index (χ0) is 15.6. The van der Waals surface area contributed by atoms with E-state index in [1.165, 1.54) is 24.3 Å². The minimum absolute atomic E-state index is 0.0462. The third-order valence-corrected chi connectivity index (χ3v) is 3.36. The van der Waals surface area contributed by atoms with Crippen molar-refractivity contribution in [1.82, 2.24) is 4.98 Å². The largest absolute Gasteiger partial charge is 0.482 e. The van der Waals surface area contributed by atoms with Crippen molar-refractivity contribution >= 4 is 34.8 Å². The fourth-order valence-corrected chi connectivity index (χ4v) is 1.99. The molecule has 112 valence electrons. The van der Waals surface area contributed by atoms with E-state index in [4.69, 9.17) is 39.5 Å². The number of pyridine rings is 1. The standard InChI is InChI=1S/C13H7Cl3F3NO/c14-8-2-1-7(5-9(8)15)12-10(3-4-11(16)20-12)21-6-13(17,18)19/h1-5H,6H2. The van der Waals surface area contributed by atoms with Crippen LogP contribution in [0.25, 0.3) is 11.3 Å².